The van der Waals surface area contributed by atoms with Crippen molar-refractivity contribution >= 4 is 17.6 Å². The summed E-state index contributed by atoms with van der Waals surface area (Å²) >= 11 is 0. The zero-order valence-electron chi connectivity index (χ0n) is 22.0. The Hall–Kier alpha value is -3.42. The molecule has 2 N–H and O–H groups in total. The van der Waals surface area contributed by atoms with E-state index in [4.69, 9.17) is 18.9 Å². The number of aliphatic carboxylic acids is 1. The van der Waals surface area contributed by atoms with Crippen molar-refractivity contribution in [1.82, 2.24) is 0 Å². The zero-order chi connectivity index (χ0) is 26.5. The van der Waals surface area contributed by atoms with Gasteiger partial charge >= 0.3 is 5.97 Å². The van der Waals surface area contributed by atoms with Crippen molar-refractivity contribution in [3.05, 3.63) is 35.9 Å². The third-order valence-corrected chi connectivity index (χ3v) is 5.98. The average molecular weight is 502 g/mol. The number of unbranched alkanes of at least 4 members (excludes halogenated alkanes) is 4. The van der Waals surface area contributed by atoms with Crippen LogP contribution in [0.15, 0.2) is 30.3 Å². The number of carboxylic acid groups (broad SMARTS) is 1. The van der Waals surface area contributed by atoms with Crippen LogP contribution in [0.1, 0.15) is 64.4 Å². The summed E-state index contributed by atoms with van der Waals surface area (Å²) in [6, 6.07) is 8.68. The van der Waals surface area contributed by atoms with Crippen molar-refractivity contribution in [1.29, 1.82) is 0 Å². The van der Waals surface area contributed by atoms with Crippen molar-refractivity contribution in [2.45, 2.75) is 65.2 Å². The summed E-state index contributed by atoms with van der Waals surface area (Å²) in [5.74, 6) is -0.376. The van der Waals surface area contributed by atoms with Crippen LogP contribution in [0.5, 0.6) is 28.7 Å². The Morgan fingerprint density at radius 1 is 0.861 bits per heavy atom. The SMILES string of the molecule is CCCCCc1cc(OC)cc(OC)c1Oc1ccc(OC)cc1NC(=O)C(CCCCC)C(=O)O. The normalized spacial score (nSPS) is 11.5. The number of hydrogen-bond acceptors (Lipinski definition) is 6. The summed E-state index contributed by atoms with van der Waals surface area (Å²) in [5, 5.41) is 12.4. The summed E-state index contributed by atoms with van der Waals surface area (Å²) in [6.45, 7) is 4.17. The van der Waals surface area contributed by atoms with Gasteiger partial charge in [-0.15, -0.1) is 0 Å². The number of methoxy groups -OCH3 is 3. The molecule has 0 saturated heterocycles. The van der Waals surface area contributed by atoms with E-state index in [1.54, 1.807) is 38.5 Å². The molecule has 198 valence electrons. The minimum absolute atomic E-state index is 0.267. The van der Waals surface area contributed by atoms with E-state index in [0.29, 0.717) is 40.9 Å². The zero-order valence-corrected chi connectivity index (χ0v) is 22.0. The second-order valence-corrected chi connectivity index (χ2v) is 8.62. The fourth-order valence-electron chi connectivity index (χ4n) is 3.89. The van der Waals surface area contributed by atoms with E-state index in [9.17, 15) is 14.7 Å². The Kier molecular flexibility index (Phi) is 11.9. The fraction of sp³-hybridized carbons (Fsp3) is 0.500. The molecule has 8 nitrogen and oxygen atoms in total. The van der Waals surface area contributed by atoms with Crippen LogP contribution in [0.4, 0.5) is 5.69 Å². The van der Waals surface area contributed by atoms with Crippen molar-refractivity contribution in [3.63, 3.8) is 0 Å². The monoisotopic (exact) mass is 501 g/mol. The van der Waals surface area contributed by atoms with Crippen LogP contribution in [0.25, 0.3) is 0 Å². The highest BCUT2D eigenvalue weighted by Crippen LogP contribution is 2.42. The van der Waals surface area contributed by atoms with Crippen molar-refractivity contribution in [2.24, 2.45) is 5.92 Å². The molecule has 2 rings (SSSR count). The van der Waals surface area contributed by atoms with Gasteiger partial charge in [0.25, 0.3) is 0 Å². The van der Waals surface area contributed by atoms with Crippen LogP contribution in [0.3, 0.4) is 0 Å². The van der Waals surface area contributed by atoms with Gasteiger partial charge in [-0.2, -0.15) is 0 Å². The molecule has 0 bridgehead atoms. The van der Waals surface area contributed by atoms with Crippen LogP contribution < -0.4 is 24.3 Å². The Labute approximate surface area is 213 Å². The first-order valence-corrected chi connectivity index (χ1v) is 12.5. The highest BCUT2D eigenvalue weighted by Gasteiger charge is 2.27. The van der Waals surface area contributed by atoms with Gasteiger partial charge in [-0.05, 0) is 37.5 Å². The topological polar surface area (TPSA) is 103 Å². The molecule has 0 aliphatic heterocycles. The molecule has 0 aliphatic carbocycles. The standard InChI is InChI=1S/C28H39NO7/c1-6-8-10-12-19-16-21(34-4)18-25(35-5)26(19)36-24-15-14-20(33-3)17-23(24)29-27(30)22(28(31)32)13-11-9-7-2/h14-18,22H,6-13H2,1-5H3,(H,29,30)(H,31,32). The maximum atomic E-state index is 13.0. The molecule has 0 aliphatic rings. The molecule has 8 heteroatoms. The number of ether oxygens (including phenoxy) is 4. The van der Waals surface area contributed by atoms with Crippen LogP contribution in [-0.4, -0.2) is 38.3 Å². The number of aryl methyl sites for hydroxylation is 1. The number of anilines is 1. The van der Waals surface area contributed by atoms with E-state index in [1.165, 1.54) is 7.11 Å². The molecule has 0 radical (unpaired) electrons. The quantitative estimate of drug-likeness (QED) is 0.201. The lowest BCUT2D eigenvalue weighted by Gasteiger charge is -2.20. The molecular weight excluding hydrogens is 462 g/mol. The van der Waals surface area contributed by atoms with Crippen molar-refractivity contribution < 1.29 is 33.6 Å². The number of nitrogens with one attached hydrogen (secondary N) is 1. The molecule has 2 aromatic rings. The van der Waals surface area contributed by atoms with Crippen LogP contribution >= 0.6 is 0 Å². The number of carbonyl (C=O) groups excluding carboxylic acids is 1. The van der Waals surface area contributed by atoms with E-state index < -0.39 is 17.8 Å². The maximum absolute atomic E-state index is 13.0. The number of amides is 1. The molecule has 0 aromatic heterocycles. The number of rotatable bonds is 16. The molecule has 0 saturated carbocycles. The lowest BCUT2D eigenvalue weighted by molar-refractivity contribution is -0.145. The fourth-order valence-corrected chi connectivity index (χ4v) is 3.89. The van der Waals surface area contributed by atoms with Gasteiger partial charge in [0, 0.05) is 17.7 Å². The lowest BCUT2D eigenvalue weighted by atomic mass is 10.0. The Morgan fingerprint density at radius 3 is 2.17 bits per heavy atom. The first-order valence-electron chi connectivity index (χ1n) is 12.5. The van der Waals surface area contributed by atoms with Gasteiger partial charge in [-0.1, -0.05) is 46.0 Å². The smallest absolute Gasteiger partial charge is 0.316 e. The Bertz CT molecular complexity index is 1010. The molecule has 0 heterocycles. The van der Waals surface area contributed by atoms with Gasteiger partial charge in [0.05, 0.1) is 27.0 Å². The molecule has 0 spiro atoms. The van der Waals surface area contributed by atoms with Gasteiger partial charge in [0.2, 0.25) is 5.91 Å². The van der Waals surface area contributed by atoms with E-state index in [1.807, 2.05) is 13.0 Å². The molecule has 1 amide bonds. The first-order chi connectivity index (χ1) is 17.4. The minimum Gasteiger partial charge on any atom is -0.497 e. The van der Waals surface area contributed by atoms with Crippen molar-refractivity contribution in [3.8, 4) is 28.7 Å². The summed E-state index contributed by atoms with van der Waals surface area (Å²) < 4.78 is 22.7. The third-order valence-electron chi connectivity index (χ3n) is 5.98. The van der Waals surface area contributed by atoms with E-state index in [-0.39, 0.29) is 6.42 Å². The summed E-state index contributed by atoms with van der Waals surface area (Å²) in [5.41, 5.74) is 1.23. The van der Waals surface area contributed by atoms with Gasteiger partial charge in [0.15, 0.2) is 17.2 Å². The maximum Gasteiger partial charge on any atom is 0.316 e. The van der Waals surface area contributed by atoms with Gasteiger partial charge < -0.3 is 29.4 Å². The van der Waals surface area contributed by atoms with E-state index in [2.05, 4.69) is 12.2 Å². The second-order valence-electron chi connectivity index (χ2n) is 8.62. The predicted molar refractivity (Wildman–Crippen MR) is 140 cm³/mol. The molecular formula is C28H39NO7. The van der Waals surface area contributed by atoms with E-state index >= 15 is 0 Å². The highest BCUT2D eigenvalue weighted by atomic mass is 16.5. The predicted octanol–water partition coefficient (Wildman–Crippen LogP) is 6.46. The largest absolute Gasteiger partial charge is 0.497 e. The molecule has 0 fully saturated rings. The minimum atomic E-state index is -1.16. The molecule has 1 atom stereocenters. The van der Waals surface area contributed by atoms with Crippen LogP contribution in [0, 0.1) is 5.92 Å². The lowest BCUT2D eigenvalue weighted by Crippen LogP contribution is -2.29. The summed E-state index contributed by atoms with van der Waals surface area (Å²) in [6.07, 6.45) is 6.59. The third kappa shape index (κ3) is 8.07. The summed E-state index contributed by atoms with van der Waals surface area (Å²) in [4.78, 5) is 24.8. The summed E-state index contributed by atoms with van der Waals surface area (Å²) in [7, 11) is 4.67. The number of carboxylic acids is 1. The molecule has 2 aromatic carbocycles. The van der Waals surface area contributed by atoms with Gasteiger partial charge in [0.1, 0.15) is 17.4 Å². The number of hydrogen-bond donors (Lipinski definition) is 2. The van der Waals surface area contributed by atoms with E-state index in [0.717, 1.165) is 44.1 Å². The van der Waals surface area contributed by atoms with Crippen molar-refractivity contribution in [2.75, 3.05) is 26.6 Å². The molecule has 36 heavy (non-hydrogen) atoms. The second kappa shape index (κ2) is 14.9. The average Bonchev–Trinajstić information content (AvgIpc) is 2.87. The van der Waals surface area contributed by atoms with Gasteiger partial charge in [-0.3, -0.25) is 9.59 Å². The Morgan fingerprint density at radius 2 is 1.56 bits per heavy atom. The van der Waals surface area contributed by atoms with Crippen LogP contribution in [-0.2, 0) is 16.0 Å². The molecule has 1 unspecified atom stereocenters. The Balaban J connectivity index is 2.43. The number of benzene rings is 2. The number of carbonyl (C=O) groups is 2. The first kappa shape index (κ1) is 28.8. The highest BCUT2D eigenvalue weighted by molar-refractivity contribution is 6.05. The van der Waals surface area contributed by atoms with Gasteiger partial charge in [-0.25, -0.2) is 0 Å². The van der Waals surface area contributed by atoms with Crippen LogP contribution in [0.2, 0.25) is 0 Å².